The van der Waals surface area contributed by atoms with Crippen LogP contribution >= 0.6 is 15.9 Å². The Morgan fingerprint density at radius 1 is 1.26 bits per heavy atom. The molecule has 0 spiro atoms. The van der Waals surface area contributed by atoms with Gasteiger partial charge < -0.3 is 4.74 Å². The van der Waals surface area contributed by atoms with E-state index >= 15 is 0 Å². The first kappa shape index (κ1) is 15.0. The van der Waals surface area contributed by atoms with Gasteiger partial charge in [0.05, 0.1) is 4.90 Å². The molecule has 2 rings (SSSR count). The number of hydrogen-bond donors (Lipinski definition) is 1. The monoisotopic (exact) mass is 347 g/mol. The SMILES string of the molecule is Cc1cc(Br)cc(S(=O)(=O)NC2CCCOCC2)c1. The van der Waals surface area contributed by atoms with Crippen LogP contribution in [0, 0.1) is 6.92 Å². The molecule has 0 saturated carbocycles. The lowest BCUT2D eigenvalue weighted by atomic mass is 10.1. The first-order valence-electron chi connectivity index (χ1n) is 6.35. The number of hydrogen-bond acceptors (Lipinski definition) is 3. The van der Waals surface area contributed by atoms with E-state index in [2.05, 4.69) is 20.7 Å². The molecule has 0 amide bonds. The van der Waals surface area contributed by atoms with Crippen LogP contribution in [0.2, 0.25) is 0 Å². The van der Waals surface area contributed by atoms with Crippen molar-refractivity contribution in [3.8, 4) is 0 Å². The quantitative estimate of drug-likeness (QED) is 0.914. The molecule has 1 heterocycles. The van der Waals surface area contributed by atoms with Crippen LogP contribution in [0.4, 0.5) is 0 Å². The van der Waals surface area contributed by atoms with Gasteiger partial charge in [-0.1, -0.05) is 15.9 Å². The normalized spacial score (nSPS) is 21.1. The molecule has 0 aliphatic carbocycles. The summed E-state index contributed by atoms with van der Waals surface area (Å²) in [6.07, 6.45) is 2.45. The molecule has 0 radical (unpaired) electrons. The van der Waals surface area contributed by atoms with E-state index in [9.17, 15) is 8.42 Å². The molecule has 6 heteroatoms. The molecule has 1 N–H and O–H groups in total. The average Bonchev–Trinajstić information content (AvgIpc) is 2.55. The maximum absolute atomic E-state index is 12.3. The Labute approximate surface area is 122 Å². The van der Waals surface area contributed by atoms with Crippen molar-refractivity contribution in [3.63, 3.8) is 0 Å². The Kier molecular flexibility index (Phi) is 5.00. The summed E-state index contributed by atoms with van der Waals surface area (Å²) in [6.45, 7) is 3.21. The summed E-state index contributed by atoms with van der Waals surface area (Å²) >= 11 is 3.33. The molecule has 1 aliphatic heterocycles. The van der Waals surface area contributed by atoms with E-state index in [1.54, 1.807) is 12.1 Å². The van der Waals surface area contributed by atoms with Crippen molar-refractivity contribution >= 4 is 26.0 Å². The first-order chi connectivity index (χ1) is 8.97. The highest BCUT2D eigenvalue weighted by molar-refractivity contribution is 9.10. The first-order valence-corrected chi connectivity index (χ1v) is 8.62. The van der Waals surface area contributed by atoms with Crippen molar-refractivity contribution < 1.29 is 13.2 Å². The number of aryl methyl sites for hydroxylation is 1. The van der Waals surface area contributed by atoms with Crippen LogP contribution in [0.5, 0.6) is 0 Å². The van der Waals surface area contributed by atoms with Crippen molar-refractivity contribution in [1.82, 2.24) is 4.72 Å². The molecule has 1 aliphatic rings. The summed E-state index contributed by atoms with van der Waals surface area (Å²) < 4.78 is 33.6. The van der Waals surface area contributed by atoms with E-state index < -0.39 is 10.0 Å². The fourth-order valence-electron chi connectivity index (χ4n) is 2.17. The number of rotatable bonds is 3. The number of sulfonamides is 1. The van der Waals surface area contributed by atoms with Crippen LogP contribution in [0.1, 0.15) is 24.8 Å². The number of benzene rings is 1. The van der Waals surface area contributed by atoms with Gasteiger partial charge in [-0.25, -0.2) is 13.1 Å². The molecule has 19 heavy (non-hydrogen) atoms. The minimum atomic E-state index is -3.46. The zero-order valence-electron chi connectivity index (χ0n) is 10.9. The highest BCUT2D eigenvalue weighted by atomic mass is 79.9. The fourth-order valence-corrected chi connectivity index (χ4v) is 4.36. The van der Waals surface area contributed by atoms with Gasteiger partial charge in [-0.2, -0.15) is 0 Å². The van der Waals surface area contributed by atoms with Gasteiger partial charge in [0.1, 0.15) is 0 Å². The predicted octanol–water partition coefficient (Wildman–Crippen LogP) is 2.60. The third-order valence-electron chi connectivity index (χ3n) is 3.10. The van der Waals surface area contributed by atoms with Gasteiger partial charge in [0.15, 0.2) is 0 Å². The lowest BCUT2D eigenvalue weighted by Gasteiger charge is -2.16. The smallest absolute Gasteiger partial charge is 0.240 e. The molecule has 1 aromatic carbocycles. The van der Waals surface area contributed by atoms with Gasteiger partial charge in [-0.3, -0.25) is 0 Å². The topological polar surface area (TPSA) is 55.4 Å². The molecule has 1 atom stereocenters. The van der Waals surface area contributed by atoms with E-state index in [1.807, 2.05) is 13.0 Å². The molecule has 1 unspecified atom stereocenters. The van der Waals surface area contributed by atoms with Crippen LogP contribution in [-0.4, -0.2) is 27.7 Å². The lowest BCUT2D eigenvalue weighted by molar-refractivity contribution is 0.143. The Bertz CT molecular complexity index is 517. The average molecular weight is 348 g/mol. The van der Waals surface area contributed by atoms with Gasteiger partial charge in [0.25, 0.3) is 0 Å². The van der Waals surface area contributed by atoms with Gasteiger partial charge in [0.2, 0.25) is 10.0 Å². The number of nitrogens with one attached hydrogen (secondary N) is 1. The van der Waals surface area contributed by atoms with Crippen LogP contribution < -0.4 is 4.72 Å². The van der Waals surface area contributed by atoms with E-state index in [0.29, 0.717) is 18.1 Å². The Morgan fingerprint density at radius 2 is 2.05 bits per heavy atom. The zero-order valence-corrected chi connectivity index (χ0v) is 13.3. The number of halogens is 1. The maximum atomic E-state index is 12.3. The largest absolute Gasteiger partial charge is 0.381 e. The van der Waals surface area contributed by atoms with Gasteiger partial charge in [-0.05, 0) is 49.9 Å². The summed E-state index contributed by atoms with van der Waals surface area (Å²) in [5.74, 6) is 0. The van der Waals surface area contributed by atoms with Crippen LogP contribution in [0.15, 0.2) is 27.6 Å². The molecule has 1 saturated heterocycles. The second-order valence-electron chi connectivity index (χ2n) is 4.83. The van der Waals surface area contributed by atoms with E-state index in [4.69, 9.17) is 4.74 Å². The zero-order chi connectivity index (χ0) is 13.9. The summed E-state index contributed by atoms with van der Waals surface area (Å²) in [7, 11) is -3.46. The predicted molar refractivity (Wildman–Crippen MR) is 77.7 cm³/mol. The Balaban J connectivity index is 2.17. The van der Waals surface area contributed by atoms with Gasteiger partial charge >= 0.3 is 0 Å². The number of ether oxygens (including phenoxy) is 1. The van der Waals surface area contributed by atoms with E-state index in [-0.39, 0.29) is 6.04 Å². The summed E-state index contributed by atoms with van der Waals surface area (Å²) in [6, 6.07) is 5.16. The van der Waals surface area contributed by atoms with E-state index in [1.165, 1.54) is 0 Å². The maximum Gasteiger partial charge on any atom is 0.240 e. The third kappa shape index (κ3) is 4.27. The second-order valence-corrected chi connectivity index (χ2v) is 7.46. The highest BCUT2D eigenvalue weighted by Crippen LogP contribution is 2.20. The second kappa shape index (κ2) is 6.35. The highest BCUT2D eigenvalue weighted by Gasteiger charge is 2.21. The van der Waals surface area contributed by atoms with Gasteiger partial charge in [0, 0.05) is 23.7 Å². The van der Waals surface area contributed by atoms with Crippen molar-refractivity contribution in [3.05, 3.63) is 28.2 Å². The molecule has 0 bridgehead atoms. The van der Waals surface area contributed by atoms with E-state index in [0.717, 1.165) is 29.3 Å². The lowest BCUT2D eigenvalue weighted by Crippen LogP contribution is -2.35. The summed E-state index contributed by atoms with van der Waals surface area (Å²) in [5, 5.41) is 0. The molecule has 0 aromatic heterocycles. The molecule has 4 nitrogen and oxygen atoms in total. The fraction of sp³-hybridized carbons (Fsp3) is 0.538. The molecule has 1 fully saturated rings. The molecule has 1 aromatic rings. The Morgan fingerprint density at radius 3 is 2.79 bits per heavy atom. The van der Waals surface area contributed by atoms with Crippen molar-refractivity contribution in [1.29, 1.82) is 0 Å². The molecule has 106 valence electrons. The minimum absolute atomic E-state index is 0.0354. The van der Waals surface area contributed by atoms with Crippen LogP contribution in [0.3, 0.4) is 0 Å². The Hall–Kier alpha value is -0.430. The van der Waals surface area contributed by atoms with Crippen molar-refractivity contribution in [2.45, 2.75) is 37.1 Å². The minimum Gasteiger partial charge on any atom is -0.381 e. The van der Waals surface area contributed by atoms with Crippen LogP contribution in [-0.2, 0) is 14.8 Å². The molecular weight excluding hydrogens is 330 g/mol. The van der Waals surface area contributed by atoms with Crippen molar-refractivity contribution in [2.24, 2.45) is 0 Å². The third-order valence-corrected chi connectivity index (χ3v) is 5.06. The standard InChI is InChI=1S/C13H18BrNO3S/c1-10-7-11(14)9-13(8-10)19(16,17)15-12-3-2-5-18-6-4-12/h7-9,12,15H,2-6H2,1H3. The van der Waals surface area contributed by atoms with Crippen molar-refractivity contribution in [2.75, 3.05) is 13.2 Å². The van der Waals surface area contributed by atoms with Crippen LogP contribution in [0.25, 0.3) is 0 Å². The van der Waals surface area contributed by atoms with Gasteiger partial charge in [-0.15, -0.1) is 0 Å². The summed E-state index contributed by atoms with van der Waals surface area (Å²) in [4.78, 5) is 0.310. The molecular formula is C13H18BrNO3S. The summed E-state index contributed by atoms with van der Waals surface area (Å²) in [5.41, 5.74) is 0.916.